The first kappa shape index (κ1) is 20.2. The van der Waals surface area contributed by atoms with Crippen molar-refractivity contribution >= 4 is 23.1 Å². The normalized spacial score (nSPS) is 10.4. The number of anilines is 3. The van der Waals surface area contributed by atoms with Gasteiger partial charge >= 0.3 is 0 Å². The van der Waals surface area contributed by atoms with Crippen LogP contribution in [0.5, 0.6) is 11.5 Å². The molecule has 0 radical (unpaired) electrons. The molecule has 1 aromatic heterocycles. The first-order valence-electron chi connectivity index (χ1n) is 9.25. The zero-order chi connectivity index (χ0) is 21.0. The summed E-state index contributed by atoms with van der Waals surface area (Å²) in [5, 5.41) is 6.20. The van der Waals surface area contributed by atoms with Crippen molar-refractivity contribution in [3.05, 3.63) is 70.9 Å². The van der Waals surface area contributed by atoms with Gasteiger partial charge in [0.2, 0.25) is 0 Å². The van der Waals surface area contributed by atoms with E-state index >= 15 is 0 Å². The monoisotopic (exact) mass is 391 g/mol. The SMILES string of the molecule is COc1ccc(C(=O)Nc2ccc(Nc3c(C)cc(C)cc3C)cn2)cc1OC. The van der Waals surface area contributed by atoms with Crippen molar-refractivity contribution in [2.24, 2.45) is 0 Å². The second-order valence-corrected chi connectivity index (χ2v) is 6.85. The quantitative estimate of drug-likeness (QED) is 0.617. The smallest absolute Gasteiger partial charge is 0.256 e. The van der Waals surface area contributed by atoms with Gasteiger partial charge in [0, 0.05) is 11.3 Å². The Morgan fingerprint density at radius 1 is 0.897 bits per heavy atom. The molecule has 1 amide bonds. The lowest BCUT2D eigenvalue weighted by atomic mass is 10.0. The minimum atomic E-state index is -0.274. The standard InChI is InChI=1S/C23H25N3O3/c1-14-10-15(2)22(16(3)11-14)25-18-7-9-21(24-13-18)26-23(27)17-6-8-19(28-4)20(12-17)29-5/h6-13,25H,1-5H3,(H,24,26,27). The third-order valence-electron chi connectivity index (χ3n) is 4.60. The van der Waals surface area contributed by atoms with Crippen LogP contribution < -0.4 is 20.1 Å². The van der Waals surface area contributed by atoms with Crippen LogP contribution in [0.3, 0.4) is 0 Å². The minimum absolute atomic E-state index is 0.274. The highest BCUT2D eigenvalue weighted by atomic mass is 16.5. The predicted octanol–water partition coefficient (Wildman–Crippen LogP) is 5.02. The van der Waals surface area contributed by atoms with Crippen molar-refractivity contribution in [1.29, 1.82) is 0 Å². The molecule has 0 unspecified atom stereocenters. The molecule has 1 heterocycles. The molecule has 2 N–H and O–H groups in total. The van der Waals surface area contributed by atoms with E-state index in [2.05, 4.69) is 48.5 Å². The minimum Gasteiger partial charge on any atom is -0.493 e. The molecule has 3 rings (SSSR count). The van der Waals surface area contributed by atoms with E-state index in [-0.39, 0.29) is 5.91 Å². The maximum Gasteiger partial charge on any atom is 0.256 e. The molecule has 0 atom stereocenters. The van der Waals surface area contributed by atoms with Gasteiger partial charge in [0.1, 0.15) is 5.82 Å². The van der Waals surface area contributed by atoms with Crippen LogP contribution in [0.4, 0.5) is 17.2 Å². The lowest BCUT2D eigenvalue weighted by molar-refractivity contribution is 0.102. The van der Waals surface area contributed by atoms with Crippen molar-refractivity contribution in [3.8, 4) is 11.5 Å². The van der Waals surface area contributed by atoms with Gasteiger partial charge in [-0.25, -0.2) is 4.98 Å². The summed E-state index contributed by atoms with van der Waals surface area (Å²) in [7, 11) is 3.08. The van der Waals surface area contributed by atoms with Crippen molar-refractivity contribution in [1.82, 2.24) is 4.98 Å². The number of aryl methyl sites for hydroxylation is 3. The number of hydrogen-bond acceptors (Lipinski definition) is 5. The van der Waals surface area contributed by atoms with Crippen LogP contribution in [0.2, 0.25) is 0 Å². The average molecular weight is 391 g/mol. The van der Waals surface area contributed by atoms with Crippen LogP contribution in [0.15, 0.2) is 48.7 Å². The second kappa shape index (κ2) is 8.65. The molecule has 0 bridgehead atoms. The fourth-order valence-electron chi connectivity index (χ4n) is 3.23. The van der Waals surface area contributed by atoms with E-state index in [9.17, 15) is 4.79 Å². The van der Waals surface area contributed by atoms with E-state index in [1.165, 1.54) is 23.8 Å². The zero-order valence-electron chi connectivity index (χ0n) is 17.3. The Balaban J connectivity index is 1.72. The molecule has 0 saturated carbocycles. The highest BCUT2D eigenvalue weighted by molar-refractivity contribution is 6.04. The van der Waals surface area contributed by atoms with Gasteiger partial charge in [0.15, 0.2) is 11.5 Å². The molecule has 0 spiro atoms. The van der Waals surface area contributed by atoms with E-state index in [0.717, 1.165) is 11.4 Å². The lowest BCUT2D eigenvalue weighted by Gasteiger charge is -2.14. The number of aromatic nitrogens is 1. The summed E-state index contributed by atoms with van der Waals surface area (Å²) in [6.45, 7) is 6.24. The highest BCUT2D eigenvalue weighted by Crippen LogP contribution is 2.28. The molecule has 0 aliphatic carbocycles. The first-order valence-corrected chi connectivity index (χ1v) is 9.25. The Labute approximate surface area is 170 Å². The fourth-order valence-corrected chi connectivity index (χ4v) is 3.23. The molecule has 6 nitrogen and oxygen atoms in total. The Hall–Kier alpha value is -3.54. The Bertz CT molecular complexity index is 1010. The molecule has 2 aromatic carbocycles. The van der Waals surface area contributed by atoms with E-state index in [1.54, 1.807) is 37.6 Å². The van der Waals surface area contributed by atoms with Crippen molar-refractivity contribution in [2.45, 2.75) is 20.8 Å². The van der Waals surface area contributed by atoms with Gasteiger partial charge in [0.05, 0.1) is 26.1 Å². The fraction of sp³-hybridized carbons (Fsp3) is 0.217. The van der Waals surface area contributed by atoms with Crippen LogP contribution in [-0.4, -0.2) is 25.1 Å². The molecule has 29 heavy (non-hydrogen) atoms. The topological polar surface area (TPSA) is 72.5 Å². The Morgan fingerprint density at radius 3 is 2.17 bits per heavy atom. The number of benzene rings is 2. The van der Waals surface area contributed by atoms with Crippen molar-refractivity contribution in [3.63, 3.8) is 0 Å². The number of nitrogens with one attached hydrogen (secondary N) is 2. The number of carbonyl (C=O) groups excluding carboxylic acids is 1. The lowest BCUT2D eigenvalue weighted by Crippen LogP contribution is -2.13. The molecule has 150 valence electrons. The van der Waals surface area contributed by atoms with E-state index in [1.807, 2.05) is 6.07 Å². The molecule has 3 aromatic rings. The summed E-state index contributed by atoms with van der Waals surface area (Å²) in [4.78, 5) is 16.9. The Morgan fingerprint density at radius 2 is 1.59 bits per heavy atom. The number of carbonyl (C=O) groups is 1. The van der Waals surface area contributed by atoms with Crippen LogP contribution in [-0.2, 0) is 0 Å². The average Bonchev–Trinajstić information content (AvgIpc) is 2.71. The summed E-state index contributed by atoms with van der Waals surface area (Å²) in [5.41, 5.74) is 5.96. The summed E-state index contributed by atoms with van der Waals surface area (Å²) in [5.74, 6) is 1.26. The molecular weight excluding hydrogens is 366 g/mol. The van der Waals surface area contributed by atoms with Gasteiger partial charge in [-0.05, 0) is 62.2 Å². The molecule has 6 heteroatoms. The number of nitrogens with zero attached hydrogens (tertiary/aromatic N) is 1. The molecule has 0 fully saturated rings. The highest BCUT2D eigenvalue weighted by Gasteiger charge is 2.12. The van der Waals surface area contributed by atoms with E-state index < -0.39 is 0 Å². The Kier molecular flexibility index (Phi) is 6.02. The van der Waals surface area contributed by atoms with Gasteiger partial charge in [-0.1, -0.05) is 17.7 Å². The summed E-state index contributed by atoms with van der Waals surface area (Å²) in [6.07, 6.45) is 1.70. The van der Waals surface area contributed by atoms with Gasteiger partial charge in [-0.15, -0.1) is 0 Å². The van der Waals surface area contributed by atoms with Crippen LogP contribution in [0.25, 0.3) is 0 Å². The number of ether oxygens (including phenoxy) is 2. The number of methoxy groups -OCH3 is 2. The number of amides is 1. The van der Waals surface area contributed by atoms with Gasteiger partial charge in [0.25, 0.3) is 5.91 Å². The third kappa shape index (κ3) is 4.66. The van der Waals surface area contributed by atoms with E-state index in [0.29, 0.717) is 22.9 Å². The van der Waals surface area contributed by atoms with Crippen LogP contribution >= 0.6 is 0 Å². The van der Waals surface area contributed by atoms with Crippen LogP contribution in [0, 0.1) is 20.8 Å². The maximum absolute atomic E-state index is 12.5. The molecular formula is C23H25N3O3. The van der Waals surface area contributed by atoms with Gasteiger partial charge in [-0.3, -0.25) is 4.79 Å². The predicted molar refractivity (Wildman–Crippen MR) is 116 cm³/mol. The zero-order valence-corrected chi connectivity index (χ0v) is 17.3. The van der Waals surface area contributed by atoms with Crippen molar-refractivity contribution < 1.29 is 14.3 Å². The second-order valence-electron chi connectivity index (χ2n) is 6.85. The summed E-state index contributed by atoms with van der Waals surface area (Å²) in [6, 6.07) is 12.9. The summed E-state index contributed by atoms with van der Waals surface area (Å²) < 4.78 is 10.4. The van der Waals surface area contributed by atoms with E-state index in [4.69, 9.17) is 9.47 Å². The summed E-state index contributed by atoms with van der Waals surface area (Å²) >= 11 is 0. The molecule has 0 aliphatic heterocycles. The number of hydrogen-bond donors (Lipinski definition) is 2. The van der Waals surface area contributed by atoms with Crippen LogP contribution in [0.1, 0.15) is 27.0 Å². The third-order valence-corrected chi connectivity index (χ3v) is 4.60. The number of pyridine rings is 1. The molecule has 0 aliphatic rings. The number of rotatable bonds is 6. The largest absolute Gasteiger partial charge is 0.493 e. The van der Waals surface area contributed by atoms with Gasteiger partial charge < -0.3 is 20.1 Å². The van der Waals surface area contributed by atoms with Gasteiger partial charge in [-0.2, -0.15) is 0 Å². The molecule has 0 saturated heterocycles. The van der Waals surface area contributed by atoms with Crippen molar-refractivity contribution in [2.75, 3.05) is 24.9 Å². The maximum atomic E-state index is 12.5. The first-order chi connectivity index (χ1) is 13.9.